The van der Waals surface area contributed by atoms with Crippen molar-refractivity contribution in [3.8, 4) is 5.75 Å². The van der Waals surface area contributed by atoms with E-state index in [-0.39, 0.29) is 10.9 Å². The second kappa shape index (κ2) is 9.74. The first kappa shape index (κ1) is 24.2. The van der Waals surface area contributed by atoms with Crippen LogP contribution in [0.3, 0.4) is 0 Å². The quantitative estimate of drug-likeness (QED) is 0.535. The number of hydrogen-bond acceptors (Lipinski definition) is 6. The normalized spacial score (nSPS) is 18.5. The number of sulfone groups is 1. The molecule has 0 atom stereocenters. The average Bonchev–Trinajstić information content (AvgIpc) is 3.62. The summed E-state index contributed by atoms with van der Waals surface area (Å²) in [6.07, 6.45) is 4.82. The molecule has 0 bridgehead atoms. The molecule has 2 aromatic carbocycles. The van der Waals surface area contributed by atoms with Gasteiger partial charge < -0.3 is 4.74 Å². The molecule has 0 radical (unpaired) electrons. The number of likely N-dealkylation sites (tertiary alicyclic amines) is 1. The van der Waals surface area contributed by atoms with Crippen LogP contribution in [0.5, 0.6) is 5.75 Å². The second-order valence-electron chi connectivity index (χ2n) is 9.08. The third-order valence-corrected chi connectivity index (χ3v) is 9.62. The first-order valence-electron chi connectivity index (χ1n) is 11.3. The summed E-state index contributed by atoms with van der Waals surface area (Å²) in [7, 11) is -5.40. The fourth-order valence-corrected chi connectivity index (χ4v) is 7.23. The van der Waals surface area contributed by atoms with E-state index in [0.29, 0.717) is 29.7 Å². The van der Waals surface area contributed by atoms with Gasteiger partial charge in [0.15, 0.2) is 9.84 Å². The van der Waals surface area contributed by atoms with Gasteiger partial charge in [-0.2, -0.15) is 4.31 Å². The molecule has 2 aromatic rings. The number of sulfonamides is 1. The van der Waals surface area contributed by atoms with Crippen molar-refractivity contribution < 1.29 is 21.6 Å². The molecule has 4 rings (SSSR count). The Bertz CT molecular complexity index is 1180. The van der Waals surface area contributed by atoms with Gasteiger partial charge in [-0.1, -0.05) is 24.3 Å². The Hall–Kier alpha value is -1.94. The molecule has 0 amide bonds. The third kappa shape index (κ3) is 5.77. The van der Waals surface area contributed by atoms with E-state index >= 15 is 0 Å². The van der Waals surface area contributed by atoms with Gasteiger partial charge in [0.05, 0.1) is 16.9 Å². The van der Waals surface area contributed by atoms with E-state index < -0.39 is 19.9 Å². The van der Waals surface area contributed by atoms with Crippen LogP contribution in [0.25, 0.3) is 0 Å². The lowest BCUT2D eigenvalue weighted by Gasteiger charge is -2.38. The Labute approximate surface area is 197 Å². The first-order valence-corrected chi connectivity index (χ1v) is 14.7. The highest BCUT2D eigenvalue weighted by Gasteiger charge is 2.38. The van der Waals surface area contributed by atoms with Crippen molar-refractivity contribution in [2.45, 2.75) is 48.1 Å². The SMILES string of the molecule is COc1cccc(S(=O)(=O)N(CC2CC2)C2CCN(Cc3ccccc3S(C)(=O)=O)CC2)c1. The minimum absolute atomic E-state index is 0.0665. The van der Waals surface area contributed by atoms with Gasteiger partial charge in [0.25, 0.3) is 0 Å². The molecule has 180 valence electrons. The standard InChI is InChI=1S/C24H32N2O5S2/c1-31-22-7-5-8-23(16-22)33(29,30)26(17-19-10-11-19)21-12-14-25(15-13-21)18-20-6-3-4-9-24(20)32(2,27)28/h3-9,16,19,21H,10-15,17-18H2,1-2H3. The maximum Gasteiger partial charge on any atom is 0.243 e. The highest BCUT2D eigenvalue weighted by molar-refractivity contribution is 7.90. The highest BCUT2D eigenvalue weighted by Crippen LogP contribution is 2.35. The lowest BCUT2D eigenvalue weighted by molar-refractivity contribution is 0.150. The summed E-state index contributed by atoms with van der Waals surface area (Å²) in [5.74, 6) is 0.965. The zero-order chi connectivity index (χ0) is 23.6. The van der Waals surface area contributed by atoms with E-state index in [1.54, 1.807) is 40.7 Å². The van der Waals surface area contributed by atoms with Crippen LogP contribution in [0.4, 0.5) is 0 Å². The van der Waals surface area contributed by atoms with Crippen LogP contribution in [0, 0.1) is 5.92 Å². The van der Waals surface area contributed by atoms with E-state index in [4.69, 9.17) is 4.74 Å². The van der Waals surface area contributed by atoms with Crippen LogP contribution in [0.2, 0.25) is 0 Å². The largest absolute Gasteiger partial charge is 0.497 e. The minimum atomic E-state index is -3.64. The van der Waals surface area contributed by atoms with Crippen LogP contribution in [-0.4, -0.2) is 65.1 Å². The average molecular weight is 493 g/mol. The van der Waals surface area contributed by atoms with Gasteiger partial charge in [0.1, 0.15) is 5.75 Å². The molecule has 7 nitrogen and oxygen atoms in total. The molecule has 0 spiro atoms. The molecule has 0 aromatic heterocycles. The summed E-state index contributed by atoms with van der Waals surface area (Å²) in [5.41, 5.74) is 0.789. The number of rotatable bonds is 9. The summed E-state index contributed by atoms with van der Waals surface area (Å²) in [5, 5.41) is 0. The zero-order valence-electron chi connectivity index (χ0n) is 19.2. The molecule has 9 heteroatoms. The van der Waals surface area contributed by atoms with E-state index in [0.717, 1.165) is 44.3 Å². The van der Waals surface area contributed by atoms with Crippen molar-refractivity contribution in [1.82, 2.24) is 9.21 Å². The summed E-state index contributed by atoms with van der Waals surface area (Å²) >= 11 is 0. The van der Waals surface area contributed by atoms with Crippen molar-refractivity contribution >= 4 is 19.9 Å². The molecule has 1 saturated heterocycles. The van der Waals surface area contributed by atoms with Crippen molar-refractivity contribution in [2.75, 3.05) is 33.0 Å². The van der Waals surface area contributed by atoms with E-state index in [9.17, 15) is 16.8 Å². The molecule has 2 aliphatic rings. The van der Waals surface area contributed by atoms with Gasteiger partial charge >= 0.3 is 0 Å². The van der Waals surface area contributed by atoms with Crippen LogP contribution in [0.15, 0.2) is 58.3 Å². The van der Waals surface area contributed by atoms with E-state index in [2.05, 4.69) is 4.90 Å². The summed E-state index contributed by atoms with van der Waals surface area (Å²) in [4.78, 5) is 2.85. The van der Waals surface area contributed by atoms with Gasteiger partial charge in [-0.15, -0.1) is 0 Å². The van der Waals surface area contributed by atoms with Gasteiger partial charge in [0.2, 0.25) is 10.0 Å². The van der Waals surface area contributed by atoms with E-state index in [1.807, 2.05) is 12.1 Å². The van der Waals surface area contributed by atoms with Crippen LogP contribution < -0.4 is 4.74 Å². The zero-order valence-corrected chi connectivity index (χ0v) is 20.8. The molecular weight excluding hydrogens is 460 g/mol. The van der Waals surface area contributed by atoms with Crippen molar-refractivity contribution in [1.29, 1.82) is 0 Å². The molecule has 2 fully saturated rings. The van der Waals surface area contributed by atoms with Gasteiger partial charge in [-0.25, -0.2) is 16.8 Å². The second-order valence-corrected chi connectivity index (χ2v) is 13.0. The van der Waals surface area contributed by atoms with Crippen molar-refractivity contribution in [2.24, 2.45) is 5.92 Å². The molecule has 0 unspecified atom stereocenters. The highest BCUT2D eigenvalue weighted by atomic mass is 32.2. The maximum atomic E-state index is 13.6. The van der Waals surface area contributed by atoms with Crippen LogP contribution in [-0.2, 0) is 26.4 Å². The fraction of sp³-hybridized carbons (Fsp3) is 0.500. The Kier molecular flexibility index (Phi) is 7.14. The van der Waals surface area contributed by atoms with Gasteiger partial charge in [-0.05, 0) is 55.4 Å². The summed E-state index contributed by atoms with van der Waals surface area (Å²) < 4.78 is 58.4. The Morgan fingerprint density at radius 1 is 0.970 bits per heavy atom. The smallest absolute Gasteiger partial charge is 0.243 e. The van der Waals surface area contributed by atoms with Gasteiger partial charge in [0, 0.05) is 44.5 Å². The Morgan fingerprint density at radius 2 is 1.67 bits per heavy atom. The lowest BCUT2D eigenvalue weighted by Crippen LogP contribution is -2.48. The number of nitrogens with zero attached hydrogens (tertiary/aromatic N) is 2. The van der Waals surface area contributed by atoms with Crippen LogP contribution >= 0.6 is 0 Å². The van der Waals surface area contributed by atoms with Crippen LogP contribution in [0.1, 0.15) is 31.2 Å². The molecule has 1 saturated carbocycles. The van der Waals surface area contributed by atoms with Crippen molar-refractivity contribution in [3.05, 3.63) is 54.1 Å². The minimum Gasteiger partial charge on any atom is -0.497 e. The third-order valence-electron chi connectivity index (χ3n) is 6.51. The predicted molar refractivity (Wildman–Crippen MR) is 127 cm³/mol. The topological polar surface area (TPSA) is 84.0 Å². The summed E-state index contributed by atoms with van der Waals surface area (Å²) in [6, 6.07) is 13.7. The molecule has 1 aliphatic heterocycles. The summed E-state index contributed by atoms with van der Waals surface area (Å²) in [6.45, 7) is 2.54. The lowest BCUT2D eigenvalue weighted by atomic mass is 10.0. The first-order chi connectivity index (χ1) is 15.7. The monoisotopic (exact) mass is 492 g/mol. The molecule has 1 aliphatic carbocycles. The Morgan fingerprint density at radius 3 is 2.30 bits per heavy atom. The molecule has 33 heavy (non-hydrogen) atoms. The fourth-order valence-electron chi connectivity index (χ4n) is 4.50. The maximum absolute atomic E-state index is 13.6. The van der Waals surface area contributed by atoms with Gasteiger partial charge in [-0.3, -0.25) is 4.90 Å². The molecule has 1 heterocycles. The Balaban J connectivity index is 1.48. The number of ether oxygens (including phenoxy) is 1. The van der Waals surface area contributed by atoms with Crippen molar-refractivity contribution in [3.63, 3.8) is 0 Å². The van der Waals surface area contributed by atoms with E-state index in [1.165, 1.54) is 13.4 Å². The number of methoxy groups -OCH3 is 1. The molecule has 0 N–H and O–H groups in total. The number of benzene rings is 2. The molecular formula is C24H32N2O5S2. The number of hydrogen-bond donors (Lipinski definition) is 0. The number of piperidine rings is 1. The predicted octanol–water partition coefficient (Wildman–Crippen LogP) is 3.16.